The summed E-state index contributed by atoms with van der Waals surface area (Å²) in [6.07, 6.45) is 3.35. The van der Waals surface area contributed by atoms with E-state index >= 15 is 0 Å². The van der Waals surface area contributed by atoms with Crippen molar-refractivity contribution >= 4 is 5.82 Å². The predicted octanol–water partition coefficient (Wildman–Crippen LogP) is -0.353. The number of hydrogen-bond donors (Lipinski definition) is 2. The van der Waals surface area contributed by atoms with Gasteiger partial charge in [-0.3, -0.25) is 4.79 Å². The molecule has 0 aliphatic carbocycles. The molecule has 0 bridgehead atoms. The second-order valence-corrected chi connectivity index (χ2v) is 3.37. The second-order valence-electron chi connectivity index (χ2n) is 3.37. The molecule has 1 aromatic rings. The average Bonchev–Trinajstić information content (AvgIpc) is 2.13. The smallest absolute Gasteiger partial charge is 0.293 e. The molecule has 2 rings (SSSR count). The zero-order chi connectivity index (χ0) is 9.97. The number of rotatable bonds is 3. The van der Waals surface area contributed by atoms with E-state index in [-0.39, 0.29) is 5.56 Å². The van der Waals surface area contributed by atoms with E-state index in [1.807, 2.05) is 6.92 Å². The van der Waals surface area contributed by atoms with Gasteiger partial charge in [0.05, 0.1) is 6.04 Å². The summed E-state index contributed by atoms with van der Waals surface area (Å²) in [7, 11) is 0. The Morgan fingerprint density at radius 1 is 1.71 bits per heavy atom. The molecule has 0 saturated carbocycles. The van der Waals surface area contributed by atoms with Gasteiger partial charge in [0, 0.05) is 32.0 Å². The van der Waals surface area contributed by atoms with E-state index in [0.29, 0.717) is 18.4 Å². The van der Waals surface area contributed by atoms with Gasteiger partial charge in [0.1, 0.15) is 0 Å². The average molecular weight is 194 g/mol. The summed E-state index contributed by atoms with van der Waals surface area (Å²) < 4.78 is 1.64. The molecule has 0 atom stereocenters. The first kappa shape index (κ1) is 9.21. The van der Waals surface area contributed by atoms with Crippen molar-refractivity contribution in [1.82, 2.24) is 14.9 Å². The maximum Gasteiger partial charge on any atom is 0.293 e. The molecule has 1 aromatic heterocycles. The highest BCUT2D eigenvalue weighted by Crippen LogP contribution is 2.00. The third-order valence-electron chi connectivity index (χ3n) is 2.38. The molecular weight excluding hydrogens is 180 g/mol. The number of anilines is 1. The Hall–Kier alpha value is -1.36. The van der Waals surface area contributed by atoms with Gasteiger partial charge >= 0.3 is 0 Å². The summed E-state index contributed by atoms with van der Waals surface area (Å²) in [5.74, 6) is 0.459. The molecule has 0 radical (unpaired) electrons. The lowest BCUT2D eigenvalue weighted by Crippen LogP contribution is -2.52. The standard InChI is InChI=1S/C9H14N4O/c1-2-13-4-3-11-8(9(13)14)12-7-5-10-6-7/h3-4,7,10H,2,5-6H2,1H3,(H,11,12). The summed E-state index contributed by atoms with van der Waals surface area (Å²) in [4.78, 5) is 15.7. The van der Waals surface area contributed by atoms with Crippen LogP contribution in [-0.4, -0.2) is 28.7 Å². The zero-order valence-corrected chi connectivity index (χ0v) is 8.16. The van der Waals surface area contributed by atoms with Crippen LogP contribution in [0, 0.1) is 0 Å². The van der Waals surface area contributed by atoms with Crippen molar-refractivity contribution in [2.24, 2.45) is 0 Å². The first-order valence-electron chi connectivity index (χ1n) is 4.84. The quantitative estimate of drug-likeness (QED) is 0.690. The van der Waals surface area contributed by atoms with Crippen molar-refractivity contribution in [2.45, 2.75) is 19.5 Å². The predicted molar refractivity (Wildman–Crippen MR) is 54.5 cm³/mol. The third-order valence-corrected chi connectivity index (χ3v) is 2.38. The molecule has 0 amide bonds. The second kappa shape index (κ2) is 3.79. The van der Waals surface area contributed by atoms with Crippen LogP contribution in [0.1, 0.15) is 6.92 Å². The first-order valence-corrected chi connectivity index (χ1v) is 4.84. The Bertz CT molecular complexity index is 369. The molecule has 2 heterocycles. The Kier molecular flexibility index (Phi) is 2.49. The van der Waals surface area contributed by atoms with Crippen molar-refractivity contribution in [3.8, 4) is 0 Å². The van der Waals surface area contributed by atoms with Crippen LogP contribution in [0.25, 0.3) is 0 Å². The Balaban J connectivity index is 2.19. The number of hydrogen-bond acceptors (Lipinski definition) is 4. The number of nitrogens with zero attached hydrogens (tertiary/aromatic N) is 2. The minimum atomic E-state index is -0.0399. The van der Waals surface area contributed by atoms with Gasteiger partial charge in [-0.15, -0.1) is 0 Å². The van der Waals surface area contributed by atoms with Gasteiger partial charge in [-0.2, -0.15) is 0 Å². The van der Waals surface area contributed by atoms with E-state index in [9.17, 15) is 4.79 Å². The summed E-state index contributed by atoms with van der Waals surface area (Å²) in [5, 5.41) is 6.24. The number of aromatic nitrogens is 2. The summed E-state index contributed by atoms with van der Waals surface area (Å²) >= 11 is 0. The van der Waals surface area contributed by atoms with Crippen molar-refractivity contribution < 1.29 is 0 Å². The summed E-state index contributed by atoms with van der Waals surface area (Å²) in [6.45, 7) is 4.43. The number of nitrogens with one attached hydrogen (secondary N) is 2. The lowest BCUT2D eigenvalue weighted by Gasteiger charge is -2.28. The van der Waals surface area contributed by atoms with Crippen LogP contribution in [0.5, 0.6) is 0 Å². The third kappa shape index (κ3) is 1.63. The fraction of sp³-hybridized carbons (Fsp3) is 0.556. The van der Waals surface area contributed by atoms with Crippen LogP contribution < -0.4 is 16.2 Å². The van der Waals surface area contributed by atoms with Crippen LogP contribution in [0.15, 0.2) is 17.2 Å². The molecule has 1 aliphatic heterocycles. The lowest BCUT2D eigenvalue weighted by molar-refractivity contribution is 0.470. The van der Waals surface area contributed by atoms with E-state index in [2.05, 4.69) is 15.6 Å². The molecule has 76 valence electrons. The van der Waals surface area contributed by atoms with Crippen molar-refractivity contribution in [3.05, 3.63) is 22.7 Å². The van der Waals surface area contributed by atoms with E-state index < -0.39 is 0 Å². The van der Waals surface area contributed by atoms with E-state index in [1.54, 1.807) is 17.0 Å². The van der Waals surface area contributed by atoms with Crippen molar-refractivity contribution in [3.63, 3.8) is 0 Å². The van der Waals surface area contributed by atoms with E-state index in [1.165, 1.54) is 0 Å². The Morgan fingerprint density at radius 2 is 2.50 bits per heavy atom. The van der Waals surface area contributed by atoms with Gasteiger partial charge in [-0.1, -0.05) is 0 Å². The lowest BCUT2D eigenvalue weighted by atomic mass is 10.2. The highest BCUT2D eigenvalue weighted by Gasteiger charge is 2.17. The molecular formula is C9H14N4O. The molecule has 2 N–H and O–H groups in total. The van der Waals surface area contributed by atoms with Crippen LogP contribution in [0.3, 0.4) is 0 Å². The zero-order valence-electron chi connectivity index (χ0n) is 8.16. The molecule has 0 aromatic carbocycles. The summed E-state index contributed by atoms with van der Waals surface area (Å²) in [6, 6.07) is 0.350. The minimum absolute atomic E-state index is 0.0399. The van der Waals surface area contributed by atoms with Crippen LogP contribution in [0.4, 0.5) is 5.82 Å². The maximum atomic E-state index is 11.7. The van der Waals surface area contributed by atoms with Gasteiger partial charge in [0.2, 0.25) is 0 Å². The molecule has 1 aliphatic rings. The van der Waals surface area contributed by atoms with Gasteiger partial charge < -0.3 is 15.2 Å². The van der Waals surface area contributed by atoms with Gasteiger partial charge in [0.25, 0.3) is 5.56 Å². The molecule has 5 nitrogen and oxygen atoms in total. The number of aryl methyl sites for hydroxylation is 1. The Morgan fingerprint density at radius 3 is 3.07 bits per heavy atom. The fourth-order valence-corrected chi connectivity index (χ4v) is 1.38. The van der Waals surface area contributed by atoms with Gasteiger partial charge in [0.15, 0.2) is 5.82 Å². The highest BCUT2D eigenvalue weighted by molar-refractivity contribution is 5.33. The molecule has 0 spiro atoms. The first-order chi connectivity index (χ1) is 6.81. The monoisotopic (exact) mass is 194 g/mol. The van der Waals surface area contributed by atoms with Crippen molar-refractivity contribution in [1.29, 1.82) is 0 Å². The SMILES string of the molecule is CCn1ccnc(NC2CNC2)c1=O. The molecule has 14 heavy (non-hydrogen) atoms. The van der Waals surface area contributed by atoms with Crippen LogP contribution >= 0.6 is 0 Å². The largest absolute Gasteiger partial charge is 0.360 e. The Labute approximate surface area is 82.2 Å². The normalized spacial score (nSPS) is 16.4. The maximum absolute atomic E-state index is 11.7. The minimum Gasteiger partial charge on any atom is -0.360 e. The van der Waals surface area contributed by atoms with Crippen LogP contribution in [0.2, 0.25) is 0 Å². The molecule has 0 unspecified atom stereocenters. The molecule has 1 saturated heterocycles. The highest BCUT2D eigenvalue weighted by atomic mass is 16.1. The van der Waals surface area contributed by atoms with Gasteiger partial charge in [-0.05, 0) is 6.92 Å². The molecule has 5 heteroatoms. The van der Waals surface area contributed by atoms with Crippen molar-refractivity contribution in [2.75, 3.05) is 18.4 Å². The van der Waals surface area contributed by atoms with E-state index in [4.69, 9.17) is 0 Å². The fourth-order valence-electron chi connectivity index (χ4n) is 1.38. The topological polar surface area (TPSA) is 59.0 Å². The molecule has 1 fully saturated rings. The van der Waals surface area contributed by atoms with Crippen LogP contribution in [-0.2, 0) is 6.54 Å². The summed E-state index contributed by atoms with van der Waals surface area (Å²) in [5.41, 5.74) is -0.0399. The van der Waals surface area contributed by atoms with E-state index in [0.717, 1.165) is 13.1 Å². The van der Waals surface area contributed by atoms with Gasteiger partial charge in [-0.25, -0.2) is 4.98 Å².